The molecule has 2 aromatic heterocycles. The summed E-state index contributed by atoms with van der Waals surface area (Å²) in [5.74, 6) is 0.300. The van der Waals surface area contributed by atoms with Gasteiger partial charge in [0.25, 0.3) is 0 Å². The third-order valence-corrected chi connectivity index (χ3v) is 6.92. The van der Waals surface area contributed by atoms with Gasteiger partial charge in [-0.3, -0.25) is 4.98 Å². The minimum absolute atomic E-state index is 0.199. The van der Waals surface area contributed by atoms with Gasteiger partial charge < -0.3 is 14.4 Å². The number of carboxylic acid groups (broad SMARTS) is 1. The number of pyridine rings is 1. The summed E-state index contributed by atoms with van der Waals surface area (Å²) in [6, 6.07) is 20.5. The van der Waals surface area contributed by atoms with E-state index >= 15 is 0 Å². The number of imidazole rings is 1. The second-order valence-corrected chi connectivity index (χ2v) is 9.66. The molecule has 202 valence electrons. The SMILES string of the molecule is Cc1cc(C(=O)O)cc2c1nc(Cc1ccc(Oc3ccnc(CCc4ccc(C#N)cc4F)c3)cc1C#N)n2C. The fraction of sp³-hybridized carbons (Fsp3) is 0.156. The van der Waals surface area contributed by atoms with Crippen molar-refractivity contribution >= 4 is 17.0 Å². The van der Waals surface area contributed by atoms with Crippen LogP contribution < -0.4 is 4.74 Å². The number of fused-ring (bicyclic) bond motifs is 1. The number of nitrogens with zero attached hydrogens (tertiary/aromatic N) is 5. The van der Waals surface area contributed by atoms with Crippen molar-refractivity contribution in [1.29, 1.82) is 10.5 Å². The fourth-order valence-corrected chi connectivity index (χ4v) is 4.71. The molecule has 0 radical (unpaired) electrons. The van der Waals surface area contributed by atoms with Crippen LogP contribution in [0.5, 0.6) is 11.5 Å². The number of rotatable bonds is 8. The van der Waals surface area contributed by atoms with Gasteiger partial charge in [-0.15, -0.1) is 0 Å². The lowest BCUT2D eigenvalue weighted by molar-refractivity contribution is 0.0697. The number of benzene rings is 3. The average Bonchev–Trinajstić information content (AvgIpc) is 3.28. The molecule has 5 aromatic rings. The minimum atomic E-state index is -0.998. The van der Waals surface area contributed by atoms with E-state index in [4.69, 9.17) is 15.0 Å². The van der Waals surface area contributed by atoms with Gasteiger partial charge in [0.15, 0.2) is 0 Å². The van der Waals surface area contributed by atoms with Gasteiger partial charge in [0, 0.05) is 31.4 Å². The molecule has 0 bridgehead atoms. The zero-order valence-corrected chi connectivity index (χ0v) is 22.3. The summed E-state index contributed by atoms with van der Waals surface area (Å²) in [5.41, 5.74) is 5.09. The van der Waals surface area contributed by atoms with E-state index in [1.54, 1.807) is 54.7 Å². The number of aromatic nitrogens is 3. The molecule has 0 spiro atoms. The molecule has 0 saturated carbocycles. The van der Waals surface area contributed by atoms with Crippen molar-refractivity contribution in [3.8, 4) is 23.6 Å². The molecule has 3 aromatic carbocycles. The van der Waals surface area contributed by atoms with Crippen LogP contribution >= 0.6 is 0 Å². The summed E-state index contributed by atoms with van der Waals surface area (Å²) in [7, 11) is 1.83. The molecule has 0 fully saturated rings. The third kappa shape index (κ3) is 5.75. The van der Waals surface area contributed by atoms with Crippen molar-refractivity contribution in [2.45, 2.75) is 26.2 Å². The van der Waals surface area contributed by atoms with E-state index < -0.39 is 11.8 Å². The van der Waals surface area contributed by atoms with E-state index in [0.29, 0.717) is 58.9 Å². The summed E-state index contributed by atoms with van der Waals surface area (Å²) in [6.07, 6.45) is 2.89. The molecule has 8 nitrogen and oxygen atoms in total. The fourth-order valence-electron chi connectivity index (χ4n) is 4.71. The first-order valence-electron chi connectivity index (χ1n) is 12.8. The van der Waals surface area contributed by atoms with E-state index in [-0.39, 0.29) is 11.1 Å². The molecule has 0 saturated heterocycles. The van der Waals surface area contributed by atoms with E-state index in [2.05, 4.69) is 11.1 Å². The molecule has 0 aliphatic rings. The highest BCUT2D eigenvalue weighted by molar-refractivity contribution is 5.93. The maximum absolute atomic E-state index is 14.2. The van der Waals surface area contributed by atoms with Crippen molar-refractivity contribution in [3.05, 3.63) is 118 Å². The zero-order chi connectivity index (χ0) is 29.1. The lowest BCUT2D eigenvalue weighted by Crippen LogP contribution is -2.02. The number of ether oxygens (including phenoxy) is 1. The summed E-state index contributed by atoms with van der Waals surface area (Å²) in [6.45, 7) is 1.83. The van der Waals surface area contributed by atoms with E-state index in [0.717, 1.165) is 16.6 Å². The van der Waals surface area contributed by atoms with Crippen LogP contribution in [-0.4, -0.2) is 25.6 Å². The molecular formula is C32H24FN5O3. The number of aryl methyl sites for hydroxylation is 4. The maximum atomic E-state index is 14.2. The Morgan fingerprint density at radius 1 is 1.00 bits per heavy atom. The van der Waals surface area contributed by atoms with Crippen LogP contribution in [0.15, 0.2) is 66.9 Å². The first-order chi connectivity index (χ1) is 19.7. The molecule has 41 heavy (non-hydrogen) atoms. The Morgan fingerprint density at radius 3 is 2.51 bits per heavy atom. The second kappa shape index (κ2) is 11.3. The Balaban J connectivity index is 1.32. The van der Waals surface area contributed by atoms with Crippen LogP contribution in [0.25, 0.3) is 11.0 Å². The number of halogens is 1. The lowest BCUT2D eigenvalue weighted by atomic mass is 10.0. The molecule has 0 atom stereocenters. The minimum Gasteiger partial charge on any atom is -0.478 e. The number of hydrogen-bond acceptors (Lipinski definition) is 6. The number of carboxylic acids is 1. The van der Waals surface area contributed by atoms with E-state index in [1.165, 1.54) is 6.07 Å². The van der Waals surface area contributed by atoms with Crippen molar-refractivity contribution < 1.29 is 19.0 Å². The zero-order valence-electron chi connectivity index (χ0n) is 22.3. The number of nitriles is 2. The topological polar surface area (TPSA) is 125 Å². The summed E-state index contributed by atoms with van der Waals surface area (Å²) < 4.78 is 22.1. The molecule has 5 rings (SSSR count). The van der Waals surface area contributed by atoms with E-state index in [9.17, 15) is 19.6 Å². The Kier molecular flexibility index (Phi) is 7.45. The van der Waals surface area contributed by atoms with Gasteiger partial charge in [0.2, 0.25) is 0 Å². The standard InChI is InChI=1S/C32H24FN5O3/c1-19-11-23(32(39)40)14-29-31(19)37-30(38(29)2)15-22-6-8-26(13-24(22)18-35)41-27-9-10-36-25(16-27)7-5-21-4-3-20(17-34)12-28(21)33/h3-4,6,8-14,16H,5,7,15H2,1-2H3,(H,39,40). The van der Waals surface area contributed by atoms with Crippen molar-refractivity contribution in [3.63, 3.8) is 0 Å². The Hall–Kier alpha value is -5.54. The molecule has 0 unspecified atom stereocenters. The van der Waals surface area contributed by atoms with Crippen LogP contribution in [0.4, 0.5) is 4.39 Å². The summed E-state index contributed by atoms with van der Waals surface area (Å²) in [5, 5.41) is 28.2. The second-order valence-electron chi connectivity index (χ2n) is 9.66. The highest BCUT2D eigenvalue weighted by atomic mass is 19.1. The number of hydrogen-bond donors (Lipinski definition) is 1. The first kappa shape index (κ1) is 27.0. The first-order valence-corrected chi connectivity index (χ1v) is 12.8. The molecule has 2 heterocycles. The van der Waals surface area contributed by atoms with Crippen LogP contribution in [0, 0.1) is 35.4 Å². The van der Waals surface area contributed by atoms with Gasteiger partial charge in [-0.1, -0.05) is 12.1 Å². The van der Waals surface area contributed by atoms with Crippen molar-refractivity contribution in [1.82, 2.24) is 14.5 Å². The third-order valence-electron chi connectivity index (χ3n) is 6.92. The Labute approximate surface area is 235 Å². The van der Waals surface area contributed by atoms with Crippen LogP contribution in [0.2, 0.25) is 0 Å². The predicted octanol–water partition coefficient (Wildman–Crippen LogP) is 6.03. The Bertz CT molecular complexity index is 1900. The van der Waals surface area contributed by atoms with E-state index in [1.807, 2.05) is 30.7 Å². The quantitative estimate of drug-likeness (QED) is 0.253. The monoisotopic (exact) mass is 545 g/mol. The molecule has 9 heteroatoms. The lowest BCUT2D eigenvalue weighted by Gasteiger charge is -2.10. The van der Waals surface area contributed by atoms with Gasteiger partial charge >= 0.3 is 5.97 Å². The van der Waals surface area contributed by atoms with Gasteiger partial charge in [0.1, 0.15) is 23.1 Å². The molecule has 1 N–H and O–H groups in total. The van der Waals surface area contributed by atoms with Gasteiger partial charge in [-0.05, 0) is 78.9 Å². The summed E-state index contributed by atoms with van der Waals surface area (Å²) >= 11 is 0. The average molecular weight is 546 g/mol. The van der Waals surface area contributed by atoms with Gasteiger partial charge in [-0.2, -0.15) is 10.5 Å². The Morgan fingerprint density at radius 2 is 1.78 bits per heavy atom. The van der Waals surface area contributed by atoms with Crippen LogP contribution in [-0.2, 0) is 26.3 Å². The van der Waals surface area contributed by atoms with Crippen LogP contribution in [0.1, 0.15) is 49.7 Å². The normalized spacial score (nSPS) is 10.8. The van der Waals surface area contributed by atoms with Gasteiger partial charge in [0.05, 0.1) is 39.9 Å². The predicted molar refractivity (Wildman–Crippen MR) is 149 cm³/mol. The van der Waals surface area contributed by atoms with Gasteiger partial charge in [-0.25, -0.2) is 14.2 Å². The molecule has 0 aliphatic heterocycles. The van der Waals surface area contributed by atoms with Crippen molar-refractivity contribution in [2.24, 2.45) is 7.05 Å². The highest BCUT2D eigenvalue weighted by Crippen LogP contribution is 2.27. The van der Waals surface area contributed by atoms with Crippen molar-refractivity contribution in [2.75, 3.05) is 0 Å². The number of carbonyl (C=O) groups is 1. The molecule has 0 aliphatic carbocycles. The molecule has 0 amide bonds. The maximum Gasteiger partial charge on any atom is 0.335 e. The number of aromatic carboxylic acids is 1. The highest BCUT2D eigenvalue weighted by Gasteiger charge is 2.16. The smallest absolute Gasteiger partial charge is 0.335 e. The van der Waals surface area contributed by atoms with Crippen LogP contribution in [0.3, 0.4) is 0 Å². The molecular weight excluding hydrogens is 521 g/mol. The largest absolute Gasteiger partial charge is 0.478 e. The summed E-state index contributed by atoms with van der Waals surface area (Å²) in [4.78, 5) is 20.6.